The number of aromatic nitrogens is 2. The number of nitrogens with zero attached hydrogens (tertiary/aromatic N) is 2. The number of hydrogen-bond acceptors (Lipinski definition) is 4. The van der Waals surface area contributed by atoms with Gasteiger partial charge in [-0.05, 0) is 30.3 Å². The second-order valence-electron chi connectivity index (χ2n) is 4.06. The summed E-state index contributed by atoms with van der Waals surface area (Å²) in [5.41, 5.74) is 2.00. The molecule has 0 aliphatic carbocycles. The fourth-order valence-electron chi connectivity index (χ4n) is 1.56. The van der Waals surface area contributed by atoms with Gasteiger partial charge >= 0.3 is 0 Å². The maximum absolute atomic E-state index is 5.59. The van der Waals surface area contributed by atoms with Gasteiger partial charge in [-0.25, -0.2) is 0 Å². The van der Waals surface area contributed by atoms with E-state index in [1.807, 2.05) is 36.4 Å². The third-order valence-corrected chi connectivity index (χ3v) is 3.02. The highest BCUT2D eigenvalue weighted by Gasteiger charge is 2.00. The third-order valence-electron chi connectivity index (χ3n) is 2.53. The normalized spacial score (nSPS) is 10.4. The van der Waals surface area contributed by atoms with Crippen LogP contribution in [0.3, 0.4) is 0 Å². The van der Waals surface area contributed by atoms with Gasteiger partial charge in [-0.3, -0.25) is 0 Å². The van der Waals surface area contributed by atoms with Crippen molar-refractivity contribution in [1.82, 2.24) is 15.5 Å². The van der Waals surface area contributed by atoms with E-state index in [-0.39, 0.29) is 0 Å². The maximum Gasteiger partial charge on any atom is 0.233 e. The summed E-state index contributed by atoms with van der Waals surface area (Å²) < 4.78 is 6.63. The summed E-state index contributed by atoms with van der Waals surface area (Å²) in [4.78, 5) is 0. The first-order valence-corrected chi connectivity index (χ1v) is 6.98. The van der Waals surface area contributed by atoms with Gasteiger partial charge in [-0.15, -0.1) is 5.10 Å². The van der Waals surface area contributed by atoms with Gasteiger partial charge < -0.3 is 10.1 Å². The lowest BCUT2D eigenvalue weighted by molar-refractivity contribution is 0.289. The molecule has 0 amide bonds. The summed E-state index contributed by atoms with van der Waals surface area (Å²) in [6, 6.07) is 11.8. The summed E-state index contributed by atoms with van der Waals surface area (Å²) in [5, 5.41) is 11.3. The number of ether oxygens (including phenoxy) is 1. The van der Waals surface area contributed by atoms with Crippen molar-refractivity contribution in [3.8, 4) is 5.88 Å². The Labute approximate surface area is 121 Å². The molecule has 1 aromatic heterocycles. The van der Waals surface area contributed by atoms with Crippen LogP contribution in [0.4, 0.5) is 0 Å². The molecule has 0 saturated heterocycles. The van der Waals surface area contributed by atoms with Crippen LogP contribution in [0.2, 0.25) is 0 Å². The number of benzene rings is 1. The van der Waals surface area contributed by atoms with Crippen molar-refractivity contribution in [3.63, 3.8) is 0 Å². The Hall–Kier alpha value is -1.46. The van der Waals surface area contributed by atoms with E-state index in [4.69, 9.17) is 4.74 Å². The van der Waals surface area contributed by atoms with Gasteiger partial charge in [-0.1, -0.05) is 35.0 Å². The minimum Gasteiger partial charge on any atom is -0.472 e. The Kier molecular flexibility index (Phi) is 5.30. The molecule has 0 bridgehead atoms. The van der Waals surface area contributed by atoms with Gasteiger partial charge in [0.1, 0.15) is 6.61 Å². The molecular formula is C14H16BrN3O. The highest BCUT2D eigenvalue weighted by Crippen LogP contribution is 2.14. The summed E-state index contributed by atoms with van der Waals surface area (Å²) in [5.74, 6) is 0.542. The molecule has 0 aliphatic rings. The predicted octanol–water partition coefficient (Wildman–Crippen LogP) is 2.93. The third kappa shape index (κ3) is 4.61. The molecule has 0 aliphatic heterocycles. The number of hydrogen-bond donors (Lipinski definition) is 1. The van der Waals surface area contributed by atoms with Gasteiger partial charge in [-0.2, -0.15) is 5.10 Å². The van der Waals surface area contributed by atoms with E-state index in [1.54, 1.807) is 0 Å². The van der Waals surface area contributed by atoms with Crippen LogP contribution in [0.5, 0.6) is 5.88 Å². The molecule has 19 heavy (non-hydrogen) atoms. The van der Waals surface area contributed by atoms with Crippen molar-refractivity contribution >= 4 is 15.9 Å². The number of halogens is 1. The molecule has 1 N–H and O–H groups in total. The maximum atomic E-state index is 5.59. The van der Waals surface area contributed by atoms with Crippen LogP contribution in [-0.4, -0.2) is 16.7 Å². The summed E-state index contributed by atoms with van der Waals surface area (Å²) in [7, 11) is 0. The first-order valence-electron chi connectivity index (χ1n) is 6.18. The van der Waals surface area contributed by atoms with E-state index in [1.165, 1.54) is 0 Å². The van der Waals surface area contributed by atoms with Crippen molar-refractivity contribution in [2.24, 2.45) is 0 Å². The molecule has 0 radical (unpaired) electrons. The van der Waals surface area contributed by atoms with Gasteiger partial charge in [0.15, 0.2) is 0 Å². The summed E-state index contributed by atoms with van der Waals surface area (Å²) in [6.45, 7) is 4.20. The summed E-state index contributed by atoms with van der Waals surface area (Å²) in [6.07, 6.45) is 0. The Bertz CT molecular complexity index is 516. The van der Waals surface area contributed by atoms with Crippen LogP contribution >= 0.6 is 15.9 Å². The fourth-order valence-corrected chi connectivity index (χ4v) is 2.00. The minimum absolute atomic E-state index is 0.487. The Morgan fingerprint density at radius 1 is 1.21 bits per heavy atom. The highest BCUT2D eigenvalue weighted by atomic mass is 79.9. The van der Waals surface area contributed by atoms with Crippen LogP contribution in [0, 0.1) is 0 Å². The van der Waals surface area contributed by atoms with Crippen molar-refractivity contribution in [2.45, 2.75) is 20.1 Å². The zero-order chi connectivity index (χ0) is 13.5. The van der Waals surface area contributed by atoms with Gasteiger partial charge in [0.05, 0.1) is 5.69 Å². The minimum atomic E-state index is 0.487. The van der Waals surface area contributed by atoms with Crippen molar-refractivity contribution in [2.75, 3.05) is 6.54 Å². The molecule has 0 atom stereocenters. The second kappa shape index (κ2) is 7.21. The van der Waals surface area contributed by atoms with Crippen molar-refractivity contribution in [3.05, 3.63) is 52.1 Å². The Balaban J connectivity index is 1.89. The largest absolute Gasteiger partial charge is 0.472 e. The molecule has 5 heteroatoms. The molecule has 0 saturated carbocycles. The average molecular weight is 322 g/mol. The topological polar surface area (TPSA) is 47.0 Å². The average Bonchev–Trinajstić information content (AvgIpc) is 2.44. The van der Waals surface area contributed by atoms with Crippen LogP contribution in [0.15, 0.2) is 40.9 Å². The summed E-state index contributed by atoms with van der Waals surface area (Å²) >= 11 is 3.43. The molecule has 1 aromatic carbocycles. The van der Waals surface area contributed by atoms with E-state index in [0.717, 1.165) is 28.8 Å². The standard InChI is InChI=1S/C14H16BrN3O/c1-2-16-9-13-6-7-14(18-17-13)19-10-11-4-3-5-12(15)8-11/h3-8,16H,2,9-10H2,1H3. The molecule has 2 aromatic rings. The van der Waals surface area contributed by atoms with Crippen LogP contribution in [0.25, 0.3) is 0 Å². The molecule has 0 unspecified atom stereocenters. The van der Waals surface area contributed by atoms with E-state index >= 15 is 0 Å². The lowest BCUT2D eigenvalue weighted by Crippen LogP contribution is -2.13. The van der Waals surface area contributed by atoms with Crippen molar-refractivity contribution in [1.29, 1.82) is 0 Å². The molecule has 100 valence electrons. The lowest BCUT2D eigenvalue weighted by atomic mass is 10.2. The van der Waals surface area contributed by atoms with E-state index < -0.39 is 0 Å². The molecule has 0 fully saturated rings. The quantitative estimate of drug-likeness (QED) is 0.888. The predicted molar refractivity (Wildman–Crippen MR) is 77.9 cm³/mol. The Morgan fingerprint density at radius 2 is 2.11 bits per heavy atom. The first kappa shape index (κ1) is 14.0. The van der Waals surface area contributed by atoms with E-state index in [0.29, 0.717) is 12.5 Å². The fraction of sp³-hybridized carbons (Fsp3) is 0.286. The van der Waals surface area contributed by atoms with Gasteiger partial charge in [0.25, 0.3) is 0 Å². The molecule has 2 rings (SSSR count). The Morgan fingerprint density at radius 3 is 2.79 bits per heavy atom. The molecule has 1 heterocycles. The van der Waals surface area contributed by atoms with E-state index in [2.05, 4.69) is 38.4 Å². The highest BCUT2D eigenvalue weighted by molar-refractivity contribution is 9.10. The lowest BCUT2D eigenvalue weighted by Gasteiger charge is -2.06. The van der Waals surface area contributed by atoms with Crippen molar-refractivity contribution < 1.29 is 4.74 Å². The second-order valence-corrected chi connectivity index (χ2v) is 4.98. The SMILES string of the molecule is CCNCc1ccc(OCc2cccc(Br)c2)nn1. The molecule has 4 nitrogen and oxygen atoms in total. The van der Waals surface area contributed by atoms with Gasteiger partial charge in [0, 0.05) is 17.1 Å². The zero-order valence-electron chi connectivity index (χ0n) is 10.8. The number of rotatable bonds is 6. The smallest absolute Gasteiger partial charge is 0.233 e. The van der Waals surface area contributed by atoms with Crippen LogP contribution in [0.1, 0.15) is 18.2 Å². The van der Waals surface area contributed by atoms with Crippen LogP contribution < -0.4 is 10.1 Å². The molecule has 0 spiro atoms. The number of nitrogens with one attached hydrogen (secondary N) is 1. The van der Waals surface area contributed by atoms with E-state index in [9.17, 15) is 0 Å². The monoisotopic (exact) mass is 321 g/mol. The zero-order valence-corrected chi connectivity index (χ0v) is 12.4. The first-order chi connectivity index (χ1) is 9.28. The van der Waals surface area contributed by atoms with Crippen LogP contribution in [-0.2, 0) is 13.2 Å². The van der Waals surface area contributed by atoms with Gasteiger partial charge in [0.2, 0.25) is 5.88 Å². The molecular weight excluding hydrogens is 306 g/mol.